The standard InChI is InChI=1S/C12H12O4/c1-7-10(13)12(14)16-11(7)8-3-5-9(15-2)6-4-8/h3-6,11,13H,1-2H3/t11-/m1/s1. The molecule has 0 aliphatic carbocycles. The Kier molecular flexibility index (Phi) is 2.56. The molecule has 0 amide bonds. The van der Waals surface area contributed by atoms with Gasteiger partial charge in [-0.25, -0.2) is 4.79 Å². The van der Waals surface area contributed by atoms with Crippen LogP contribution in [0.1, 0.15) is 18.6 Å². The topological polar surface area (TPSA) is 55.8 Å². The number of methoxy groups -OCH3 is 1. The second kappa shape index (κ2) is 3.89. The van der Waals surface area contributed by atoms with Gasteiger partial charge in [-0.05, 0) is 24.6 Å². The van der Waals surface area contributed by atoms with Crippen LogP contribution in [0, 0.1) is 0 Å². The average Bonchev–Trinajstić information content (AvgIpc) is 2.57. The zero-order chi connectivity index (χ0) is 11.7. The second-order valence-electron chi connectivity index (χ2n) is 3.59. The maximum absolute atomic E-state index is 11.1. The summed E-state index contributed by atoms with van der Waals surface area (Å²) in [7, 11) is 1.58. The lowest BCUT2D eigenvalue weighted by atomic mass is 10.0. The van der Waals surface area contributed by atoms with Crippen molar-refractivity contribution in [2.24, 2.45) is 0 Å². The van der Waals surface area contributed by atoms with Crippen LogP contribution in [0.4, 0.5) is 0 Å². The summed E-state index contributed by atoms with van der Waals surface area (Å²) < 4.78 is 10.1. The van der Waals surface area contributed by atoms with Gasteiger partial charge in [0.1, 0.15) is 5.75 Å². The van der Waals surface area contributed by atoms with Crippen LogP contribution in [-0.4, -0.2) is 18.2 Å². The molecule has 1 heterocycles. The number of benzene rings is 1. The molecule has 0 bridgehead atoms. The molecule has 4 heteroatoms. The molecule has 1 aromatic rings. The van der Waals surface area contributed by atoms with Crippen molar-refractivity contribution in [2.45, 2.75) is 13.0 Å². The Morgan fingerprint density at radius 1 is 1.31 bits per heavy atom. The first-order valence-corrected chi connectivity index (χ1v) is 4.88. The van der Waals surface area contributed by atoms with Gasteiger partial charge < -0.3 is 14.6 Å². The molecule has 2 rings (SSSR count). The molecular formula is C12H12O4. The monoisotopic (exact) mass is 220 g/mol. The van der Waals surface area contributed by atoms with Crippen LogP contribution in [0.15, 0.2) is 35.6 Å². The van der Waals surface area contributed by atoms with Crippen LogP contribution in [0.5, 0.6) is 5.75 Å². The molecule has 1 aliphatic rings. The fourth-order valence-electron chi connectivity index (χ4n) is 1.63. The lowest BCUT2D eigenvalue weighted by Crippen LogP contribution is -2.02. The molecule has 0 unspecified atom stereocenters. The molecule has 1 aromatic carbocycles. The summed E-state index contributed by atoms with van der Waals surface area (Å²) >= 11 is 0. The van der Waals surface area contributed by atoms with Crippen molar-refractivity contribution in [3.05, 3.63) is 41.2 Å². The first-order valence-electron chi connectivity index (χ1n) is 4.88. The molecular weight excluding hydrogens is 208 g/mol. The second-order valence-corrected chi connectivity index (χ2v) is 3.59. The Labute approximate surface area is 93.1 Å². The van der Waals surface area contributed by atoms with E-state index in [0.717, 1.165) is 11.3 Å². The zero-order valence-electron chi connectivity index (χ0n) is 9.06. The molecule has 0 saturated heterocycles. The molecule has 0 spiro atoms. The van der Waals surface area contributed by atoms with Crippen LogP contribution >= 0.6 is 0 Å². The Morgan fingerprint density at radius 2 is 1.94 bits per heavy atom. The molecule has 0 saturated carbocycles. The van der Waals surface area contributed by atoms with Crippen LogP contribution in [0.2, 0.25) is 0 Å². The van der Waals surface area contributed by atoms with Crippen molar-refractivity contribution in [1.82, 2.24) is 0 Å². The Hall–Kier alpha value is -1.97. The SMILES string of the molecule is COc1ccc([C@@H]2OC(=O)C(O)=C2C)cc1. The van der Waals surface area contributed by atoms with E-state index < -0.39 is 12.1 Å². The van der Waals surface area contributed by atoms with Gasteiger partial charge >= 0.3 is 5.97 Å². The Balaban J connectivity index is 2.29. The number of carbonyl (C=O) groups excluding carboxylic acids is 1. The lowest BCUT2D eigenvalue weighted by Gasteiger charge is -2.11. The predicted molar refractivity (Wildman–Crippen MR) is 57.2 cm³/mol. The highest BCUT2D eigenvalue weighted by molar-refractivity contribution is 5.89. The van der Waals surface area contributed by atoms with Crippen molar-refractivity contribution in [3.8, 4) is 5.75 Å². The molecule has 4 nitrogen and oxygen atoms in total. The van der Waals surface area contributed by atoms with E-state index in [1.54, 1.807) is 38.3 Å². The van der Waals surface area contributed by atoms with Crippen molar-refractivity contribution < 1.29 is 19.4 Å². The average molecular weight is 220 g/mol. The van der Waals surface area contributed by atoms with E-state index >= 15 is 0 Å². The van der Waals surface area contributed by atoms with Gasteiger partial charge in [0, 0.05) is 5.57 Å². The van der Waals surface area contributed by atoms with E-state index in [1.807, 2.05) is 0 Å². The molecule has 0 fully saturated rings. The number of aliphatic hydroxyl groups excluding tert-OH is 1. The van der Waals surface area contributed by atoms with E-state index in [9.17, 15) is 9.90 Å². The number of esters is 1. The normalized spacial score (nSPS) is 19.9. The summed E-state index contributed by atoms with van der Waals surface area (Å²) in [5.74, 6) is -0.224. The highest BCUT2D eigenvalue weighted by atomic mass is 16.6. The first-order chi connectivity index (χ1) is 7.63. The van der Waals surface area contributed by atoms with E-state index in [2.05, 4.69) is 0 Å². The van der Waals surface area contributed by atoms with Crippen molar-refractivity contribution in [1.29, 1.82) is 0 Å². The molecule has 84 valence electrons. The van der Waals surface area contributed by atoms with Gasteiger partial charge in [-0.2, -0.15) is 0 Å². The number of carbonyl (C=O) groups is 1. The van der Waals surface area contributed by atoms with E-state index in [0.29, 0.717) is 5.57 Å². The predicted octanol–water partition coefficient (Wildman–Crippen LogP) is 2.13. The summed E-state index contributed by atoms with van der Waals surface area (Å²) in [6.45, 7) is 1.68. The summed E-state index contributed by atoms with van der Waals surface area (Å²) in [6.07, 6.45) is -0.488. The van der Waals surface area contributed by atoms with Crippen molar-refractivity contribution >= 4 is 5.97 Å². The van der Waals surface area contributed by atoms with Crippen molar-refractivity contribution in [2.75, 3.05) is 7.11 Å². The highest BCUT2D eigenvalue weighted by Crippen LogP contribution is 2.34. The van der Waals surface area contributed by atoms with Crippen LogP contribution in [-0.2, 0) is 9.53 Å². The summed E-state index contributed by atoms with van der Waals surface area (Å²) in [6, 6.07) is 7.18. The summed E-state index contributed by atoms with van der Waals surface area (Å²) in [5, 5.41) is 9.38. The Morgan fingerprint density at radius 3 is 2.38 bits per heavy atom. The lowest BCUT2D eigenvalue weighted by molar-refractivity contribution is -0.142. The van der Waals surface area contributed by atoms with Gasteiger partial charge in [0.15, 0.2) is 6.10 Å². The largest absolute Gasteiger partial charge is 0.502 e. The number of aliphatic hydroxyl groups is 1. The maximum Gasteiger partial charge on any atom is 0.374 e. The third-order valence-electron chi connectivity index (χ3n) is 2.60. The minimum Gasteiger partial charge on any atom is -0.502 e. The zero-order valence-corrected chi connectivity index (χ0v) is 9.06. The highest BCUT2D eigenvalue weighted by Gasteiger charge is 2.32. The van der Waals surface area contributed by atoms with Crippen LogP contribution in [0.25, 0.3) is 0 Å². The van der Waals surface area contributed by atoms with Gasteiger partial charge in [-0.1, -0.05) is 12.1 Å². The molecule has 0 aromatic heterocycles. The maximum atomic E-state index is 11.1. The number of cyclic esters (lactones) is 1. The van der Waals surface area contributed by atoms with E-state index in [4.69, 9.17) is 9.47 Å². The molecule has 1 atom stereocenters. The fourth-order valence-corrected chi connectivity index (χ4v) is 1.63. The first kappa shape index (κ1) is 10.5. The van der Waals surface area contributed by atoms with Crippen molar-refractivity contribution in [3.63, 3.8) is 0 Å². The molecule has 1 aliphatic heterocycles. The number of hydrogen-bond donors (Lipinski definition) is 1. The molecule has 1 N–H and O–H groups in total. The third kappa shape index (κ3) is 1.62. The molecule has 0 radical (unpaired) electrons. The Bertz CT molecular complexity index is 445. The van der Waals surface area contributed by atoms with Crippen LogP contribution in [0.3, 0.4) is 0 Å². The van der Waals surface area contributed by atoms with E-state index in [-0.39, 0.29) is 5.76 Å². The number of hydrogen-bond acceptors (Lipinski definition) is 4. The smallest absolute Gasteiger partial charge is 0.374 e. The van der Waals surface area contributed by atoms with Gasteiger partial charge in [-0.3, -0.25) is 0 Å². The van der Waals surface area contributed by atoms with E-state index in [1.165, 1.54) is 0 Å². The van der Waals surface area contributed by atoms with Gasteiger partial charge in [0.2, 0.25) is 5.76 Å². The minimum atomic E-state index is -0.668. The minimum absolute atomic E-state index is 0.291. The van der Waals surface area contributed by atoms with Gasteiger partial charge in [0.05, 0.1) is 7.11 Å². The summed E-state index contributed by atoms with van der Waals surface area (Å²) in [5.41, 5.74) is 1.35. The van der Waals surface area contributed by atoms with Crippen LogP contribution < -0.4 is 4.74 Å². The van der Waals surface area contributed by atoms with Gasteiger partial charge in [-0.15, -0.1) is 0 Å². The number of ether oxygens (including phenoxy) is 2. The third-order valence-corrected chi connectivity index (χ3v) is 2.60. The summed E-state index contributed by atoms with van der Waals surface area (Å²) in [4.78, 5) is 11.1. The quantitative estimate of drug-likeness (QED) is 0.775. The number of rotatable bonds is 2. The fraction of sp³-hybridized carbons (Fsp3) is 0.250. The van der Waals surface area contributed by atoms with Gasteiger partial charge in [0.25, 0.3) is 0 Å². The molecule has 16 heavy (non-hydrogen) atoms.